The number of hydrogen-bond acceptors (Lipinski definition) is 4. The molecule has 2 heterocycles. The fourth-order valence-corrected chi connectivity index (χ4v) is 3.64. The molecule has 0 aromatic carbocycles. The molecule has 2 N–H and O–H groups in total. The molecule has 2 atom stereocenters. The first-order chi connectivity index (χ1) is 12.7. The lowest BCUT2D eigenvalue weighted by molar-refractivity contribution is -0.143. The van der Waals surface area contributed by atoms with Crippen molar-refractivity contribution in [3.8, 4) is 0 Å². The third-order valence-corrected chi connectivity index (χ3v) is 5.09. The number of nitrogens with zero attached hydrogens (tertiary/aromatic N) is 4. The molecular formula is C18H36F3IN6. The smallest absolute Gasteiger partial charge is 0.357 e. The molecule has 2 aliphatic rings. The molecule has 0 radical (unpaired) electrons. The van der Waals surface area contributed by atoms with Crippen molar-refractivity contribution in [1.29, 1.82) is 0 Å². The average Bonchev–Trinajstić information content (AvgIpc) is 3.00. The summed E-state index contributed by atoms with van der Waals surface area (Å²) >= 11 is 0. The Kier molecular flexibility index (Phi) is 11.4. The van der Waals surface area contributed by atoms with Crippen molar-refractivity contribution in [1.82, 2.24) is 25.3 Å². The average molecular weight is 520 g/mol. The van der Waals surface area contributed by atoms with E-state index in [1.807, 2.05) is 6.92 Å². The van der Waals surface area contributed by atoms with Crippen LogP contribution in [0.4, 0.5) is 13.2 Å². The van der Waals surface area contributed by atoms with Crippen LogP contribution in [0.1, 0.15) is 20.3 Å². The SMILES string of the molecule is CCNC(=NCC(C)CN1CCN(C)CC1)NC1CCN(CC(F)(F)F)C1.I. The van der Waals surface area contributed by atoms with Crippen LogP contribution < -0.4 is 10.6 Å². The van der Waals surface area contributed by atoms with E-state index in [2.05, 4.69) is 39.4 Å². The molecule has 10 heteroatoms. The lowest BCUT2D eigenvalue weighted by Gasteiger charge is -2.33. The van der Waals surface area contributed by atoms with Crippen LogP contribution in [0.25, 0.3) is 0 Å². The lowest BCUT2D eigenvalue weighted by atomic mass is 10.1. The zero-order chi connectivity index (χ0) is 19.9. The van der Waals surface area contributed by atoms with E-state index in [0.29, 0.717) is 37.9 Å². The predicted molar refractivity (Wildman–Crippen MR) is 119 cm³/mol. The minimum atomic E-state index is -4.13. The maximum absolute atomic E-state index is 12.5. The van der Waals surface area contributed by atoms with Crippen LogP contribution in [0.15, 0.2) is 4.99 Å². The summed E-state index contributed by atoms with van der Waals surface area (Å²) in [4.78, 5) is 11.0. The van der Waals surface area contributed by atoms with Crippen molar-refractivity contribution in [2.75, 3.05) is 72.5 Å². The van der Waals surface area contributed by atoms with E-state index < -0.39 is 12.7 Å². The Hall–Kier alpha value is -0.330. The number of alkyl halides is 3. The van der Waals surface area contributed by atoms with Crippen molar-refractivity contribution in [3.05, 3.63) is 0 Å². The van der Waals surface area contributed by atoms with E-state index in [1.165, 1.54) is 4.90 Å². The molecule has 28 heavy (non-hydrogen) atoms. The number of hydrogen-bond donors (Lipinski definition) is 2. The highest BCUT2D eigenvalue weighted by Crippen LogP contribution is 2.19. The van der Waals surface area contributed by atoms with E-state index in [0.717, 1.165) is 39.3 Å². The highest BCUT2D eigenvalue weighted by molar-refractivity contribution is 14.0. The molecule has 2 unspecified atom stereocenters. The first-order valence-electron chi connectivity index (χ1n) is 10.00. The van der Waals surface area contributed by atoms with Crippen molar-refractivity contribution in [2.24, 2.45) is 10.9 Å². The fraction of sp³-hybridized carbons (Fsp3) is 0.944. The summed E-state index contributed by atoms with van der Waals surface area (Å²) in [5.74, 6) is 1.15. The Balaban J connectivity index is 0.00000392. The van der Waals surface area contributed by atoms with Crippen LogP contribution in [0.3, 0.4) is 0 Å². The maximum Gasteiger partial charge on any atom is 0.401 e. The Morgan fingerprint density at radius 1 is 1.14 bits per heavy atom. The number of aliphatic imine (C=N–C) groups is 1. The summed E-state index contributed by atoms with van der Waals surface area (Å²) < 4.78 is 37.6. The van der Waals surface area contributed by atoms with Gasteiger partial charge in [0.15, 0.2) is 5.96 Å². The summed E-state index contributed by atoms with van der Waals surface area (Å²) in [7, 11) is 2.15. The van der Waals surface area contributed by atoms with Crippen molar-refractivity contribution < 1.29 is 13.2 Å². The minimum absolute atomic E-state index is 0. The van der Waals surface area contributed by atoms with Crippen molar-refractivity contribution in [2.45, 2.75) is 32.5 Å². The largest absolute Gasteiger partial charge is 0.401 e. The Morgan fingerprint density at radius 3 is 2.43 bits per heavy atom. The van der Waals surface area contributed by atoms with Gasteiger partial charge in [-0.3, -0.25) is 9.89 Å². The van der Waals surface area contributed by atoms with Gasteiger partial charge in [0.2, 0.25) is 0 Å². The molecule has 6 nitrogen and oxygen atoms in total. The third-order valence-electron chi connectivity index (χ3n) is 5.09. The van der Waals surface area contributed by atoms with Gasteiger partial charge in [-0.1, -0.05) is 6.92 Å². The highest BCUT2D eigenvalue weighted by atomic mass is 127. The number of likely N-dealkylation sites (tertiary alicyclic amines) is 1. The number of likely N-dealkylation sites (N-methyl/N-ethyl adjacent to an activating group) is 1. The van der Waals surface area contributed by atoms with E-state index in [-0.39, 0.29) is 30.0 Å². The molecular weight excluding hydrogens is 484 g/mol. The molecule has 0 aromatic rings. The van der Waals surface area contributed by atoms with Crippen LogP contribution in [0.5, 0.6) is 0 Å². The van der Waals surface area contributed by atoms with Gasteiger partial charge in [0, 0.05) is 64.9 Å². The van der Waals surface area contributed by atoms with Gasteiger partial charge in [0.05, 0.1) is 6.54 Å². The normalized spacial score (nSPS) is 24.1. The van der Waals surface area contributed by atoms with E-state index in [4.69, 9.17) is 0 Å². The zero-order valence-electron chi connectivity index (χ0n) is 17.3. The van der Waals surface area contributed by atoms with Gasteiger partial charge in [0.25, 0.3) is 0 Å². The van der Waals surface area contributed by atoms with Gasteiger partial charge in [-0.25, -0.2) is 0 Å². The number of guanidine groups is 1. The van der Waals surface area contributed by atoms with Gasteiger partial charge < -0.3 is 20.4 Å². The van der Waals surface area contributed by atoms with Gasteiger partial charge in [-0.2, -0.15) is 13.2 Å². The van der Waals surface area contributed by atoms with Crippen LogP contribution in [0.2, 0.25) is 0 Å². The molecule has 2 aliphatic heterocycles. The molecule has 0 aliphatic carbocycles. The van der Waals surface area contributed by atoms with Gasteiger partial charge in [0.1, 0.15) is 0 Å². The van der Waals surface area contributed by atoms with E-state index >= 15 is 0 Å². The number of nitrogens with one attached hydrogen (secondary N) is 2. The second-order valence-electron chi connectivity index (χ2n) is 7.91. The highest BCUT2D eigenvalue weighted by Gasteiger charge is 2.34. The topological polar surface area (TPSA) is 46.1 Å². The van der Waals surface area contributed by atoms with Crippen LogP contribution in [0, 0.1) is 5.92 Å². The first-order valence-corrected chi connectivity index (χ1v) is 10.00. The molecule has 0 bridgehead atoms. The summed E-state index contributed by atoms with van der Waals surface area (Å²) in [5.41, 5.74) is 0. The van der Waals surface area contributed by atoms with Crippen LogP contribution >= 0.6 is 24.0 Å². The number of piperazine rings is 1. The number of rotatable bonds is 7. The van der Waals surface area contributed by atoms with E-state index in [9.17, 15) is 13.2 Å². The monoisotopic (exact) mass is 520 g/mol. The Morgan fingerprint density at radius 2 is 1.82 bits per heavy atom. The summed E-state index contributed by atoms with van der Waals surface area (Å²) in [6, 6.07) is 0.0121. The summed E-state index contributed by atoms with van der Waals surface area (Å²) in [6.45, 7) is 11.1. The van der Waals surface area contributed by atoms with Gasteiger partial charge in [-0.05, 0) is 26.3 Å². The zero-order valence-corrected chi connectivity index (χ0v) is 19.6. The van der Waals surface area contributed by atoms with Crippen LogP contribution in [-0.4, -0.2) is 105 Å². The van der Waals surface area contributed by atoms with Gasteiger partial charge >= 0.3 is 6.18 Å². The second-order valence-corrected chi connectivity index (χ2v) is 7.91. The number of halogens is 4. The minimum Gasteiger partial charge on any atom is -0.357 e. The quantitative estimate of drug-likeness (QED) is 0.304. The molecule has 0 spiro atoms. The fourth-order valence-electron chi connectivity index (χ4n) is 3.64. The molecule has 166 valence electrons. The lowest BCUT2D eigenvalue weighted by Crippen LogP contribution is -2.46. The summed E-state index contributed by atoms with van der Waals surface area (Å²) in [6.07, 6.45) is -3.43. The summed E-state index contributed by atoms with van der Waals surface area (Å²) in [5, 5.41) is 6.52. The van der Waals surface area contributed by atoms with Crippen molar-refractivity contribution in [3.63, 3.8) is 0 Å². The molecule has 2 fully saturated rings. The van der Waals surface area contributed by atoms with E-state index in [1.54, 1.807) is 0 Å². The Labute approximate surface area is 184 Å². The molecule has 0 aromatic heterocycles. The molecule has 2 saturated heterocycles. The third kappa shape index (κ3) is 9.93. The maximum atomic E-state index is 12.5. The first kappa shape index (κ1) is 25.7. The van der Waals surface area contributed by atoms with Crippen molar-refractivity contribution >= 4 is 29.9 Å². The second kappa shape index (κ2) is 12.4. The molecule has 0 amide bonds. The van der Waals surface area contributed by atoms with Gasteiger partial charge in [-0.15, -0.1) is 24.0 Å². The Bertz CT molecular complexity index is 469. The van der Waals surface area contributed by atoms with Crippen LogP contribution in [-0.2, 0) is 0 Å². The molecule has 0 saturated carbocycles. The predicted octanol–water partition coefficient (Wildman–Crippen LogP) is 1.68. The standard InChI is InChI=1S/C18H35F3N6.HI/c1-4-22-17(24-16-5-6-27(13-16)14-18(19,20)21)23-11-15(2)12-26-9-7-25(3)8-10-26;/h15-16H,4-14H2,1-3H3,(H2,22,23,24);1H. The molecule has 2 rings (SSSR count).